The SMILES string of the molecule is O=C(NC[C@H]1CCCO1)c1cc2cc(Br)ccc2oc1=Nc1ccc(Cl)cc1. The monoisotopic (exact) mass is 460 g/mol. The molecule has 1 atom stereocenters. The number of rotatable bonds is 4. The van der Waals surface area contributed by atoms with Crippen LogP contribution in [-0.2, 0) is 4.74 Å². The lowest BCUT2D eigenvalue weighted by molar-refractivity contribution is 0.0854. The number of carbonyl (C=O) groups is 1. The summed E-state index contributed by atoms with van der Waals surface area (Å²) in [4.78, 5) is 17.4. The third kappa shape index (κ3) is 4.46. The van der Waals surface area contributed by atoms with Crippen LogP contribution in [0, 0.1) is 0 Å². The van der Waals surface area contributed by atoms with E-state index < -0.39 is 0 Å². The summed E-state index contributed by atoms with van der Waals surface area (Å²) in [6, 6.07) is 14.5. The minimum Gasteiger partial charge on any atom is -0.438 e. The second-order valence-electron chi connectivity index (χ2n) is 6.58. The second kappa shape index (κ2) is 8.47. The molecular weight excluding hydrogens is 444 g/mol. The Morgan fingerprint density at radius 2 is 2.04 bits per heavy atom. The van der Waals surface area contributed by atoms with Crippen LogP contribution in [0.5, 0.6) is 0 Å². The molecule has 5 nitrogen and oxygen atoms in total. The van der Waals surface area contributed by atoms with Gasteiger partial charge in [0.1, 0.15) is 11.1 Å². The van der Waals surface area contributed by atoms with Gasteiger partial charge in [-0.2, -0.15) is 0 Å². The van der Waals surface area contributed by atoms with Crippen molar-refractivity contribution in [3.8, 4) is 0 Å². The molecule has 2 aromatic carbocycles. The summed E-state index contributed by atoms with van der Waals surface area (Å²) < 4.78 is 12.5. The number of amides is 1. The zero-order chi connectivity index (χ0) is 19.5. The molecule has 1 aromatic heterocycles. The van der Waals surface area contributed by atoms with Crippen molar-refractivity contribution in [2.75, 3.05) is 13.2 Å². The smallest absolute Gasteiger partial charge is 0.256 e. The summed E-state index contributed by atoms with van der Waals surface area (Å²) >= 11 is 9.40. The Labute approximate surface area is 175 Å². The Hall–Kier alpha value is -2.15. The first-order valence-electron chi connectivity index (χ1n) is 9.02. The Morgan fingerprint density at radius 1 is 1.21 bits per heavy atom. The van der Waals surface area contributed by atoms with Crippen molar-refractivity contribution < 1.29 is 13.9 Å². The van der Waals surface area contributed by atoms with Gasteiger partial charge >= 0.3 is 0 Å². The highest BCUT2D eigenvalue weighted by Crippen LogP contribution is 2.21. The lowest BCUT2D eigenvalue weighted by Gasteiger charge is -2.11. The highest BCUT2D eigenvalue weighted by Gasteiger charge is 2.18. The molecule has 1 amide bonds. The van der Waals surface area contributed by atoms with Gasteiger partial charge in [0, 0.05) is 28.0 Å². The summed E-state index contributed by atoms with van der Waals surface area (Å²) in [5, 5.41) is 4.37. The largest absolute Gasteiger partial charge is 0.438 e. The number of benzene rings is 2. The van der Waals surface area contributed by atoms with Gasteiger partial charge in [0.25, 0.3) is 5.91 Å². The highest BCUT2D eigenvalue weighted by atomic mass is 79.9. The van der Waals surface area contributed by atoms with Crippen LogP contribution in [0.1, 0.15) is 23.2 Å². The Balaban J connectivity index is 1.74. The van der Waals surface area contributed by atoms with Gasteiger partial charge in [-0.25, -0.2) is 4.99 Å². The number of hydrogen-bond acceptors (Lipinski definition) is 4. The van der Waals surface area contributed by atoms with E-state index in [0.717, 1.165) is 29.3 Å². The van der Waals surface area contributed by atoms with Gasteiger partial charge in [-0.3, -0.25) is 4.79 Å². The van der Waals surface area contributed by atoms with Gasteiger partial charge in [0.2, 0.25) is 5.55 Å². The van der Waals surface area contributed by atoms with Crippen molar-refractivity contribution in [1.29, 1.82) is 0 Å². The summed E-state index contributed by atoms with van der Waals surface area (Å²) in [6.45, 7) is 1.22. The van der Waals surface area contributed by atoms with E-state index in [-0.39, 0.29) is 17.6 Å². The fraction of sp³-hybridized carbons (Fsp3) is 0.238. The molecule has 0 radical (unpaired) electrons. The average Bonchev–Trinajstić information content (AvgIpc) is 3.21. The standard InChI is InChI=1S/C21H18BrClN2O3/c22-14-3-8-19-13(10-14)11-18(20(26)24-12-17-2-1-9-27-17)21(28-19)25-16-6-4-15(23)5-7-16/h3-8,10-11,17H,1-2,9,12H2,(H,24,26)/t17-/m1/s1. The fourth-order valence-corrected chi connectivity index (χ4v) is 3.59. The maximum atomic E-state index is 12.9. The summed E-state index contributed by atoms with van der Waals surface area (Å²) in [5.74, 6) is -0.242. The van der Waals surface area contributed by atoms with Crippen molar-refractivity contribution in [1.82, 2.24) is 5.32 Å². The number of nitrogens with one attached hydrogen (secondary N) is 1. The minimum absolute atomic E-state index is 0.0622. The van der Waals surface area contributed by atoms with Crippen LogP contribution in [-0.4, -0.2) is 25.2 Å². The molecule has 0 aliphatic carbocycles. The molecular formula is C21H18BrClN2O3. The normalized spacial score (nSPS) is 17.2. The summed E-state index contributed by atoms with van der Waals surface area (Å²) in [7, 11) is 0. The highest BCUT2D eigenvalue weighted by molar-refractivity contribution is 9.10. The molecule has 7 heteroatoms. The molecule has 0 spiro atoms. The van der Waals surface area contributed by atoms with Crippen LogP contribution in [0.15, 0.2) is 62.4 Å². The second-order valence-corrected chi connectivity index (χ2v) is 7.93. The maximum absolute atomic E-state index is 12.9. The molecule has 0 saturated carbocycles. The molecule has 1 aliphatic heterocycles. The molecule has 1 aliphatic rings. The summed E-state index contributed by atoms with van der Waals surface area (Å²) in [5.41, 5.74) is 1.92. The van der Waals surface area contributed by atoms with Crippen LogP contribution in [0.2, 0.25) is 5.02 Å². The van der Waals surface area contributed by atoms with Gasteiger partial charge in [-0.05, 0) is 61.4 Å². The van der Waals surface area contributed by atoms with Crippen LogP contribution in [0.25, 0.3) is 11.0 Å². The van der Waals surface area contributed by atoms with Crippen LogP contribution < -0.4 is 10.9 Å². The van der Waals surface area contributed by atoms with E-state index >= 15 is 0 Å². The Morgan fingerprint density at radius 3 is 2.79 bits per heavy atom. The predicted molar refractivity (Wildman–Crippen MR) is 112 cm³/mol. The third-order valence-corrected chi connectivity index (χ3v) is 5.27. The first kappa shape index (κ1) is 19.2. The molecule has 4 rings (SSSR count). The van der Waals surface area contributed by atoms with Gasteiger partial charge in [-0.15, -0.1) is 0 Å². The molecule has 3 aromatic rings. The lowest BCUT2D eigenvalue weighted by Crippen LogP contribution is -2.34. The van der Waals surface area contributed by atoms with E-state index in [2.05, 4.69) is 26.2 Å². The van der Waals surface area contributed by atoms with Crippen LogP contribution >= 0.6 is 27.5 Å². The Kier molecular flexibility index (Phi) is 5.80. The lowest BCUT2D eigenvalue weighted by atomic mass is 10.1. The fourth-order valence-electron chi connectivity index (χ4n) is 3.09. The molecule has 144 valence electrons. The first-order chi connectivity index (χ1) is 13.6. The third-order valence-electron chi connectivity index (χ3n) is 4.52. The van der Waals surface area contributed by atoms with E-state index in [0.29, 0.717) is 28.4 Å². The van der Waals surface area contributed by atoms with Crippen molar-refractivity contribution >= 4 is 50.1 Å². The molecule has 0 unspecified atom stereocenters. The van der Waals surface area contributed by atoms with Gasteiger partial charge in [0.15, 0.2) is 0 Å². The summed E-state index contributed by atoms with van der Waals surface area (Å²) in [6.07, 6.45) is 2.04. The minimum atomic E-state index is -0.242. The van der Waals surface area contributed by atoms with Gasteiger partial charge in [0.05, 0.1) is 11.8 Å². The van der Waals surface area contributed by atoms with Crippen molar-refractivity contribution in [2.24, 2.45) is 4.99 Å². The van der Waals surface area contributed by atoms with E-state index in [1.54, 1.807) is 30.3 Å². The van der Waals surface area contributed by atoms with E-state index in [9.17, 15) is 4.79 Å². The average molecular weight is 462 g/mol. The molecule has 1 saturated heterocycles. The number of carbonyl (C=O) groups excluding carboxylic acids is 1. The predicted octanol–water partition coefficient (Wildman–Crippen LogP) is 4.99. The molecule has 1 fully saturated rings. The number of hydrogen-bond donors (Lipinski definition) is 1. The number of nitrogens with zero attached hydrogens (tertiary/aromatic N) is 1. The Bertz CT molecular complexity index is 1070. The van der Waals surface area contributed by atoms with Gasteiger partial charge < -0.3 is 14.5 Å². The van der Waals surface area contributed by atoms with Crippen LogP contribution in [0.3, 0.4) is 0 Å². The van der Waals surface area contributed by atoms with Crippen molar-refractivity contribution in [2.45, 2.75) is 18.9 Å². The maximum Gasteiger partial charge on any atom is 0.256 e. The first-order valence-corrected chi connectivity index (χ1v) is 10.2. The zero-order valence-electron chi connectivity index (χ0n) is 15.0. The number of halogens is 2. The number of fused-ring (bicyclic) bond motifs is 1. The quantitative estimate of drug-likeness (QED) is 0.595. The van der Waals surface area contributed by atoms with Gasteiger partial charge in [-0.1, -0.05) is 27.5 Å². The topological polar surface area (TPSA) is 63.8 Å². The number of ether oxygens (including phenoxy) is 1. The zero-order valence-corrected chi connectivity index (χ0v) is 17.3. The van der Waals surface area contributed by atoms with E-state index in [4.69, 9.17) is 20.8 Å². The van der Waals surface area contributed by atoms with Crippen LogP contribution in [0.4, 0.5) is 5.69 Å². The molecule has 28 heavy (non-hydrogen) atoms. The van der Waals surface area contributed by atoms with Crippen molar-refractivity contribution in [3.63, 3.8) is 0 Å². The molecule has 2 heterocycles. The van der Waals surface area contributed by atoms with E-state index in [1.165, 1.54) is 0 Å². The van der Waals surface area contributed by atoms with E-state index in [1.807, 2.05) is 18.2 Å². The molecule has 1 N–H and O–H groups in total. The van der Waals surface area contributed by atoms with Crippen molar-refractivity contribution in [3.05, 3.63) is 69.1 Å². The molecule has 0 bridgehead atoms.